The second kappa shape index (κ2) is 10.9. The number of likely N-dealkylation sites (tertiary alicyclic amines) is 1. The molecule has 194 valence electrons. The smallest absolute Gasteiger partial charge is 0.336 e. The quantitative estimate of drug-likeness (QED) is 0.342. The SMILES string of the molecule is Cc1ccc(C(C)(C)N2CC[C@](CCc3ccc(I)s3)([C@H](NC(=O)NC(C)C)C(F)(F)F)C2)cn1. The molecule has 0 radical (unpaired) electrons. The molecule has 2 atom stereocenters. The van der Waals surface area contributed by atoms with Crippen LogP contribution in [0.1, 0.15) is 56.7 Å². The summed E-state index contributed by atoms with van der Waals surface area (Å²) in [5, 5.41) is 4.88. The lowest BCUT2D eigenvalue weighted by Crippen LogP contribution is -2.60. The van der Waals surface area contributed by atoms with Crippen molar-refractivity contribution < 1.29 is 18.0 Å². The first-order valence-corrected chi connectivity index (χ1v) is 13.7. The summed E-state index contributed by atoms with van der Waals surface area (Å²) in [6.07, 6.45) is -1.57. The summed E-state index contributed by atoms with van der Waals surface area (Å²) in [5.41, 5.74) is 0.193. The van der Waals surface area contributed by atoms with Gasteiger partial charge in [-0.25, -0.2) is 4.79 Å². The highest BCUT2D eigenvalue weighted by atomic mass is 127. The van der Waals surface area contributed by atoms with Crippen molar-refractivity contribution in [2.24, 2.45) is 5.41 Å². The molecule has 0 bridgehead atoms. The second-order valence-corrected chi connectivity index (χ2v) is 13.3. The second-order valence-electron chi connectivity index (χ2n) is 10.2. The first-order valence-electron chi connectivity index (χ1n) is 11.8. The van der Waals surface area contributed by atoms with Gasteiger partial charge in [0.2, 0.25) is 0 Å². The van der Waals surface area contributed by atoms with Crippen LogP contribution in [0, 0.1) is 15.2 Å². The molecule has 5 nitrogen and oxygen atoms in total. The zero-order valence-corrected chi connectivity index (χ0v) is 23.8. The number of nitrogens with one attached hydrogen (secondary N) is 2. The van der Waals surface area contributed by atoms with Crippen molar-refractivity contribution in [2.45, 2.75) is 77.7 Å². The highest BCUT2D eigenvalue weighted by Crippen LogP contribution is 2.48. The number of aromatic nitrogens is 1. The summed E-state index contributed by atoms with van der Waals surface area (Å²) >= 11 is 3.83. The molecule has 1 saturated heterocycles. The molecule has 3 heterocycles. The van der Waals surface area contributed by atoms with Gasteiger partial charge < -0.3 is 10.6 Å². The highest BCUT2D eigenvalue weighted by molar-refractivity contribution is 14.1. The van der Waals surface area contributed by atoms with Crippen LogP contribution in [0.5, 0.6) is 0 Å². The van der Waals surface area contributed by atoms with Crippen LogP contribution in [0.15, 0.2) is 30.5 Å². The number of hydrogen-bond acceptors (Lipinski definition) is 4. The van der Waals surface area contributed by atoms with Crippen LogP contribution in [0.2, 0.25) is 0 Å². The summed E-state index contributed by atoms with van der Waals surface area (Å²) in [7, 11) is 0. The molecule has 2 N–H and O–H groups in total. The van der Waals surface area contributed by atoms with E-state index in [1.165, 1.54) is 0 Å². The summed E-state index contributed by atoms with van der Waals surface area (Å²) in [6.45, 7) is 10.1. The fraction of sp³-hybridized carbons (Fsp3) is 0.600. The van der Waals surface area contributed by atoms with Crippen molar-refractivity contribution in [3.8, 4) is 0 Å². The van der Waals surface area contributed by atoms with E-state index in [0.29, 0.717) is 25.8 Å². The minimum atomic E-state index is -4.58. The van der Waals surface area contributed by atoms with Crippen molar-refractivity contribution in [2.75, 3.05) is 13.1 Å². The summed E-state index contributed by atoms with van der Waals surface area (Å²) in [6, 6.07) is 4.88. The van der Waals surface area contributed by atoms with E-state index in [1.807, 2.05) is 45.0 Å². The fourth-order valence-electron chi connectivity index (χ4n) is 4.84. The third-order valence-electron chi connectivity index (χ3n) is 6.93. The minimum Gasteiger partial charge on any atom is -0.336 e. The maximum Gasteiger partial charge on any atom is 0.409 e. The van der Waals surface area contributed by atoms with E-state index in [0.717, 1.165) is 19.0 Å². The molecule has 1 aliphatic heterocycles. The average molecular weight is 623 g/mol. The fourth-order valence-corrected chi connectivity index (χ4v) is 6.60. The van der Waals surface area contributed by atoms with Crippen molar-refractivity contribution in [1.82, 2.24) is 20.5 Å². The molecule has 0 spiro atoms. The number of aryl methyl sites for hydroxylation is 2. The van der Waals surface area contributed by atoms with Crippen LogP contribution in [0.25, 0.3) is 0 Å². The monoisotopic (exact) mass is 622 g/mol. The van der Waals surface area contributed by atoms with E-state index >= 15 is 0 Å². The van der Waals surface area contributed by atoms with E-state index in [1.54, 1.807) is 31.4 Å². The van der Waals surface area contributed by atoms with Crippen LogP contribution < -0.4 is 10.6 Å². The van der Waals surface area contributed by atoms with E-state index in [2.05, 4.69) is 43.1 Å². The van der Waals surface area contributed by atoms with Gasteiger partial charge >= 0.3 is 12.2 Å². The summed E-state index contributed by atoms with van der Waals surface area (Å²) < 4.78 is 44.8. The maximum absolute atomic E-state index is 14.6. The number of pyridine rings is 1. The molecular weight excluding hydrogens is 588 g/mol. The Kier molecular flexibility index (Phi) is 8.79. The Balaban J connectivity index is 1.94. The number of nitrogens with zero attached hydrogens (tertiary/aromatic N) is 2. The third-order valence-corrected chi connectivity index (χ3v) is 8.88. The lowest BCUT2D eigenvalue weighted by atomic mass is 9.74. The van der Waals surface area contributed by atoms with Gasteiger partial charge in [-0.3, -0.25) is 9.88 Å². The maximum atomic E-state index is 14.6. The number of amides is 2. The van der Waals surface area contributed by atoms with Crippen molar-refractivity contribution in [1.29, 1.82) is 0 Å². The van der Waals surface area contributed by atoms with E-state index in [-0.39, 0.29) is 12.6 Å². The third kappa shape index (κ3) is 6.88. The van der Waals surface area contributed by atoms with Crippen LogP contribution in [-0.2, 0) is 12.0 Å². The number of carbonyl (C=O) groups excluding carboxylic acids is 1. The first kappa shape index (κ1) is 28.2. The standard InChI is InChI=1S/C25H34F3IN4OS/c1-16(2)31-22(34)32-21(25(26,27)28)24(11-10-19-8-9-20(29)35-19)12-13-33(15-24)23(4,5)18-7-6-17(3)30-14-18/h6-9,14,16,21H,10-13,15H2,1-5H3,(H2,31,32,34)/t21-,24-/m0/s1. The Morgan fingerprint density at radius 3 is 2.49 bits per heavy atom. The van der Waals surface area contributed by atoms with E-state index in [9.17, 15) is 18.0 Å². The van der Waals surface area contributed by atoms with Gasteiger partial charge in [-0.15, -0.1) is 11.3 Å². The lowest BCUT2D eigenvalue weighted by molar-refractivity contribution is -0.181. The molecule has 3 rings (SSSR count). The minimum absolute atomic E-state index is 0.225. The normalized spacial score (nSPS) is 20.3. The van der Waals surface area contributed by atoms with Gasteiger partial charge in [0.1, 0.15) is 6.04 Å². The Morgan fingerprint density at radius 2 is 1.94 bits per heavy atom. The van der Waals surface area contributed by atoms with Crippen LogP contribution in [0.4, 0.5) is 18.0 Å². The van der Waals surface area contributed by atoms with Crippen molar-refractivity contribution >= 4 is 40.0 Å². The number of hydrogen-bond donors (Lipinski definition) is 2. The predicted molar refractivity (Wildman–Crippen MR) is 143 cm³/mol. The molecule has 1 aliphatic rings. The number of rotatable bonds is 8. The molecule has 0 saturated carbocycles. The lowest BCUT2D eigenvalue weighted by Gasteiger charge is -2.42. The molecule has 0 aromatic carbocycles. The Morgan fingerprint density at radius 1 is 1.23 bits per heavy atom. The van der Waals surface area contributed by atoms with Gasteiger partial charge in [-0.2, -0.15) is 13.2 Å². The molecule has 0 unspecified atom stereocenters. The van der Waals surface area contributed by atoms with Gasteiger partial charge in [-0.05, 0) is 107 Å². The molecule has 2 aromatic heterocycles. The van der Waals surface area contributed by atoms with Crippen molar-refractivity contribution in [3.05, 3.63) is 49.5 Å². The molecule has 2 aromatic rings. The van der Waals surface area contributed by atoms with Crippen LogP contribution >= 0.6 is 33.9 Å². The van der Waals surface area contributed by atoms with Gasteiger partial charge in [0.05, 0.1) is 2.88 Å². The number of urea groups is 1. The largest absolute Gasteiger partial charge is 0.409 e. The first-order chi connectivity index (χ1) is 16.2. The number of halogens is 4. The summed E-state index contributed by atoms with van der Waals surface area (Å²) in [5.74, 6) is 0. The van der Waals surface area contributed by atoms with Crippen molar-refractivity contribution in [3.63, 3.8) is 0 Å². The molecular formula is C25H34F3IN4OS. The molecule has 1 fully saturated rings. The van der Waals surface area contributed by atoms with Gasteiger partial charge in [0.15, 0.2) is 0 Å². The Labute approximate surface area is 223 Å². The summed E-state index contributed by atoms with van der Waals surface area (Å²) in [4.78, 5) is 20.0. The molecule has 2 amide bonds. The number of alkyl halides is 3. The molecule has 10 heteroatoms. The van der Waals surface area contributed by atoms with Crippen LogP contribution in [-0.4, -0.2) is 47.3 Å². The van der Waals surface area contributed by atoms with Gasteiger partial charge in [0.25, 0.3) is 0 Å². The highest BCUT2D eigenvalue weighted by Gasteiger charge is 2.57. The predicted octanol–water partition coefficient (Wildman–Crippen LogP) is 6.25. The molecule has 0 aliphatic carbocycles. The topological polar surface area (TPSA) is 57.3 Å². The number of carbonyl (C=O) groups is 1. The zero-order chi connectivity index (χ0) is 26.0. The number of thiophene rings is 1. The Bertz CT molecular complexity index is 1010. The van der Waals surface area contributed by atoms with Gasteiger partial charge in [0, 0.05) is 40.3 Å². The zero-order valence-electron chi connectivity index (χ0n) is 20.8. The Hall–Kier alpha value is -1.40. The van der Waals surface area contributed by atoms with E-state index < -0.39 is 29.2 Å². The molecule has 35 heavy (non-hydrogen) atoms. The van der Waals surface area contributed by atoms with Crippen LogP contribution in [0.3, 0.4) is 0 Å². The van der Waals surface area contributed by atoms with Gasteiger partial charge in [-0.1, -0.05) is 6.07 Å². The average Bonchev–Trinajstić information content (AvgIpc) is 3.37. The van der Waals surface area contributed by atoms with E-state index in [4.69, 9.17) is 0 Å².